The molecule has 54 heavy (non-hydrogen) atoms. The molecule has 2 N–H and O–H groups in total. The number of rotatable bonds is 7. The van der Waals surface area contributed by atoms with Crippen LogP contribution >= 0.6 is 0 Å². The van der Waals surface area contributed by atoms with E-state index in [1.807, 2.05) is 12.1 Å². The lowest BCUT2D eigenvalue weighted by Gasteiger charge is -2.72. The highest BCUT2D eigenvalue weighted by Gasteiger charge is 2.71. The number of sulfone groups is 1. The Balaban J connectivity index is 1.08. The molecule has 6 fully saturated rings. The Morgan fingerprint density at radius 1 is 0.852 bits per heavy atom. The quantitative estimate of drug-likeness (QED) is 0.329. The molecule has 9 unspecified atom stereocenters. The predicted octanol–water partition coefficient (Wildman–Crippen LogP) is 6.39. The summed E-state index contributed by atoms with van der Waals surface area (Å²) in [6.45, 7) is 18.3. The van der Waals surface area contributed by atoms with Crippen molar-refractivity contribution < 1.29 is 27.9 Å². The number of carboxylic acids is 1. The number of nitrogens with zero attached hydrogens (tertiary/aromatic N) is 2. The van der Waals surface area contributed by atoms with Crippen LogP contribution in [0.5, 0.6) is 0 Å². The standard InChI is InChI=1S/C44H65N3O6S/c1-40(2)33(30-6-8-31(9-7-30)39(49)50)13-15-41(3)35(40)14-16-43(5)36(41)11-10-34-37-32(38(48)47-22-26-53-27-23-47)12-17-44(37,19-18-42(34,43)4)45-20-21-46-24-28-54(51,52)29-25-46/h6-9,13,32,34-37,45H,10-12,14-29H2,1-5H3,(H,49,50). The first-order valence-electron chi connectivity index (χ1n) is 21.1. The second kappa shape index (κ2) is 13.7. The molecule has 1 amide bonds. The third-order valence-corrected chi connectivity index (χ3v) is 19.0. The van der Waals surface area contributed by atoms with E-state index in [1.54, 1.807) is 12.1 Å². The van der Waals surface area contributed by atoms with Crippen LogP contribution in [-0.4, -0.2) is 105 Å². The topological polar surface area (TPSA) is 116 Å². The van der Waals surface area contributed by atoms with E-state index in [0.717, 1.165) is 50.8 Å². The number of ether oxygens (including phenoxy) is 1. The fraction of sp³-hybridized carbons (Fsp3) is 0.773. The van der Waals surface area contributed by atoms with E-state index < -0.39 is 15.8 Å². The summed E-state index contributed by atoms with van der Waals surface area (Å²) in [6, 6.07) is 7.52. The minimum absolute atomic E-state index is 0.0269. The van der Waals surface area contributed by atoms with E-state index >= 15 is 0 Å². The Morgan fingerprint density at radius 3 is 2.24 bits per heavy atom. The molecule has 9 atom stereocenters. The van der Waals surface area contributed by atoms with Crippen LogP contribution in [0.3, 0.4) is 0 Å². The number of aromatic carboxylic acids is 1. The molecule has 1 aromatic rings. The van der Waals surface area contributed by atoms with Gasteiger partial charge in [-0.1, -0.05) is 52.8 Å². The van der Waals surface area contributed by atoms with Gasteiger partial charge in [-0.05, 0) is 126 Å². The van der Waals surface area contributed by atoms with Crippen molar-refractivity contribution >= 4 is 27.3 Å². The lowest BCUT2D eigenvalue weighted by atomic mass is 9.33. The van der Waals surface area contributed by atoms with Gasteiger partial charge in [0, 0.05) is 50.7 Å². The van der Waals surface area contributed by atoms with Gasteiger partial charge in [0.1, 0.15) is 0 Å². The third-order valence-electron chi connectivity index (χ3n) is 17.4. The van der Waals surface area contributed by atoms with Crippen molar-refractivity contribution in [1.82, 2.24) is 15.1 Å². The fourth-order valence-corrected chi connectivity index (χ4v) is 15.8. The highest BCUT2D eigenvalue weighted by Crippen LogP contribution is 2.76. The largest absolute Gasteiger partial charge is 0.478 e. The number of carbonyl (C=O) groups is 2. The summed E-state index contributed by atoms with van der Waals surface area (Å²) in [5, 5.41) is 13.7. The van der Waals surface area contributed by atoms with Gasteiger partial charge in [-0.15, -0.1) is 0 Å². The summed E-state index contributed by atoms with van der Waals surface area (Å²) in [7, 11) is -2.91. The molecular formula is C44H65N3O6S. The van der Waals surface area contributed by atoms with Gasteiger partial charge < -0.3 is 25.0 Å². The minimum Gasteiger partial charge on any atom is -0.478 e. The zero-order chi connectivity index (χ0) is 38.3. The molecule has 2 saturated heterocycles. The van der Waals surface area contributed by atoms with E-state index in [0.29, 0.717) is 74.5 Å². The molecule has 1 aromatic carbocycles. The molecule has 5 aliphatic carbocycles. The maximum absolute atomic E-state index is 14.6. The average molecular weight is 764 g/mol. The number of amides is 1. The fourth-order valence-electron chi connectivity index (χ4n) is 14.5. The van der Waals surface area contributed by atoms with Gasteiger partial charge in [0.15, 0.2) is 9.84 Å². The van der Waals surface area contributed by atoms with Crippen LogP contribution < -0.4 is 5.32 Å². The van der Waals surface area contributed by atoms with Crippen molar-refractivity contribution in [1.29, 1.82) is 0 Å². The highest BCUT2D eigenvalue weighted by atomic mass is 32.2. The summed E-state index contributed by atoms with van der Waals surface area (Å²) >= 11 is 0. The number of fused-ring (bicyclic) bond motifs is 7. The Hall–Kier alpha value is -2.27. The molecule has 0 spiro atoms. The van der Waals surface area contributed by atoms with Crippen LogP contribution in [0.1, 0.15) is 108 Å². The van der Waals surface area contributed by atoms with E-state index in [-0.39, 0.29) is 44.6 Å². The smallest absolute Gasteiger partial charge is 0.335 e. The molecule has 7 aliphatic rings. The van der Waals surface area contributed by atoms with Gasteiger partial charge >= 0.3 is 5.97 Å². The summed E-state index contributed by atoms with van der Waals surface area (Å²) in [5.74, 6) is 1.87. The van der Waals surface area contributed by atoms with Crippen LogP contribution in [0.25, 0.3) is 5.57 Å². The summed E-state index contributed by atoms with van der Waals surface area (Å²) in [4.78, 5) is 30.6. The molecule has 10 heteroatoms. The van der Waals surface area contributed by atoms with Crippen molar-refractivity contribution in [2.75, 3.05) is 64.0 Å². The predicted molar refractivity (Wildman–Crippen MR) is 212 cm³/mol. The highest BCUT2D eigenvalue weighted by molar-refractivity contribution is 7.91. The molecule has 2 heterocycles. The molecule has 9 nitrogen and oxygen atoms in total. The first kappa shape index (κ1) is 38.6. The zero-order valence-electron chi connectivity index (χ0n) is 33.5. The van der Waals surface area contributed by atoms with E-state index in [1.165, 1.54) is 31.3 Å². The number of carboxylic acid groups (broad SMARTS) is 1. The number of nitrogens with one attached hydrogen (secondary N) is 1. The van der Waals surface area contributed by atoms with Crippen molar-refractivity contribution in [3.05, 3.63) is 41.5 Å². The molecule has 0 aromatic heterocycles. The Labute approximate surface area is 323 Å². The van der Waals surface area contributed by atoms with Crippen molar-refractivity contribution in [3.63, 3.8) is 0 Å². The van der Waals surface area contributed by atoms with Crippen molar-refractivity contribution in [3.8, 4) is 0 Å². The van der Waals surface area contributed by atoms with Gasteiger partial charge in [0.25, 0.3) is 0 Å². The second-order valence-corrected chi connectivity index (χ2v) is 22.1. The number of morpholine rings is 1. The second-order valence-electron chi connectivity index (χ2n) is 19.8. The van der Waals surface area contributed by atoms with Gasteiger partial charge in [-0.3, -0.25) is 4.79 Å². The van der Waals surface area contributed by atoms with Crippen molar-refractivity contribution in [2.45, 2.75) is 97.9 Å². The Morgan fingerprint density at radius 2 is 1.56 bits per heavy atom. The number of carbonyl (C=O) groups excluding carboxylic acids is 1. The van der Waals surface area contributed by atoms with Gasteiger partial charge in [0.05, 0.1) is 30.3 Å². The van der Waals surface area contributed by atoms with Gasteiger partial charge in [-0.2, -0.15) is 0 Å². The summed E-state index contributed by atoms with van der Waals surface area (Å²) in [5.41, 5.74) is 3.17. The van der Waals surface area contributed by atoms with E-state index in [9.17, 15) is 23.1 Å². The molecule has 2 aliphatic heterocycles. The SMILES string of the molecule is CC1(C)C(c2ccc(C(=O)O)cc2)=CCC2(C)C1CCC1(C)C2CCC2C3C(C(=O)N4CCOCC4)CCC3(NCCN3CCS(=O)(=O)CC3)CCC21C. The molecule has 4 saturated carbocycles. The maximum Gasteiger partial charge on any atom is 0.335 e. The summed E-state index contributed by atoms with van der Waals surface area (Å²) < 4.78 is 29.9. The third kappa shape index (κ3) is 6.05. The normalized spacial score (nSPS) is 41.5. The number of hydrogen-bond donors (Lipinski definition) is 2. The van der Waals surface area contributed by atoms with E-state index in [4.69, 9.17) is 4.74 Å². The van der Waals surface area contributed by atoms with Crippen molar-refractivity contribution in [2.24, 2.45) is 51.2 Å². The first-order valence-corrected chi connectivity index (χ1v) is 23.0. The van der Waals surface area contributed by atoms with Gasteiger partial charge in [-0.25, -0.2) is 13.2 Å². The summed E-state index contributed by atoms with van der Waals surface area (Å²) in [6.07, 6.45) is 12.5. The molecule has 298 valence electrons. The maximum atomic E-state index is 14.6. The molecule has 0 bridgehead atoms. The monoisotopic (exact) mass is 763 g/mol. The van der Waals surface area contributed by atoms with Crippen LogP contribution in [0.15, 0.2) is 30.3 Å². The van der Waals surface area contributed by atoms with Crippen LogP contribution in [0, 0.1) is 51.2 Å². The zero-order valence-corrected chi connectivity index (χ0v) is 34.3. The molecular weight excluding hydrogens is 699 g/mol. The first-order chi connectivity index (χ1) is 25.5. The lowest BCUT2D eigenvalue weighted by Crippen LogP contribution is -2.68. The number of benzene rings is 1. The lowest BCUT2D eigenvalue weighted by molar-refractivity contribution is -0.221. The van der Waals surface area contributed by atoms with E-state index in [2.05, 4.69) is 55.8 Å². The number of hydrogen-bond acceptors (Lipinski definition) is 7. The molecule has 8 rings (SSSR count). The van der Waals surface area contributed by atoms with Gasteiger partial charge in [0.2, 0.25) is 5.91 Å². The van der Waals surface area contributed by atoms with Crippen LogP contribution in [0.4, 0.5) is 0 Å². The average Bonchev–Trinajstić information content (AvgIpc) is 3.52. The Kier molecular flexibility index (Phi) is 9.79. The minimum atomic E-state index is -2.91. The van der Waals surface area contributed by atoms with Crippen LogP contribution in [-0.2, 0) is 19.4 Å². The Bertz CT molecular complexity index is 1760. The van der Waals surface area contributed by atoms with Crippen LogP contribution in [0.2, 0.25) is 0 Å². The molecule has 0 radical (unpaired) electrons. The number of allylic oxidation sites excluding steroid dienone is 2.